The van der Waals surface area contributed by atoms with Gasteiger partial charge in [0.25, 0.3) is 10.2 Å². The average Bonchev–Trinajstić information content (AvgIpc) is 3.09. The quantitative estimate of drug-likeness (QED) is 0.720. The first-order valence-corrected chi connectivity index (χ1v) is 7.47. The Morgan fingerprint density at radius 2 is 1.81 bits per heavy atom. The molecule has 2 fully saturated rings. The van der Waals surface area contributed by atoms with Crippen LogP contribution in [-0.2, 0) is 10.2 Å². The van der Waals surface area contributed by atoms with Crippen LogP contribution in [0.2, 0.25) is 0 Å². The van der Waals surface area contributed by atoms with E-state index in [1.165, 1.54) is 0 Å². The van der Waals surface area contributed by atoms with E-state index in [1.54, 1.807) is 4.31 Å². The Hall–Kier alpha value is -0.170. The monoisotopic (exact) mass is 247 g/mol. The second-order valence-electron chi connectivity index (χ2n) is 4.99. The highest BCUT2D eigenvalue weighted by Crippen LogP contribution is 2.43. The zero-order valence-corrected chi connectivity index (χ0v) is 10.4. The van der Waals surface area contributed by atoms with Crippen LogP contribution in [0, 0.1) is 5.41 Å². The van der Waals surface area contributed by atoms with E-state index in [0.717, 1.165) is 32.1 Å². The molecule has 5 nitrogen and oxygen atoms in total. The second kappa shape index (κ2) is 4.60. The molecule has 1 saturated carbocycles. The van der Waals surface area contributed by atoms with Crippen molar-refractivity contribution in [2.45, 2.75) is 32.1 Å². The van der Waals surface area contributed by atoms with Crippen LogP contribution in [0.15, 0.2) is 0 Å². The third-order valence-electron chi connectivity index (χ3n) is 3.67. The van der Waals surface area contributed by atoms with Crippen molar-refractivity contribution in [2.24, 2.45) is 11.1 Å². The molecule has 0 aromatic rings. The number of hydrogen-bond donors (Lipinski definition) is 2. The van der Waals surface area contributed by atoms with Gasteiger partial charge >= 0.3 is 0 Å². The van der Waals surface area contributed by atoms with Crippen molar-refractivity contribution in [3.05, 3.63) is 0 Å². The number of rotatable bonds is 5. The molecule has 0 amide bonds. The van der Waals surface area contributed by atoms with Crippen LogP contribution in [0.3, 0.4) is 0 Å². The maximum atomic E-state index is 11.9. The van der Waals surface area contributed by atoms with Gasteiger partial charge in [0.15, 0.2) is 0 Å². The van der Waals surface area contributed by atoms with Crippen molar-refractivity contribution in [1.29, 1.82) is 0 Å². The second-order valence-corrected chi connectivity index (χ2v) is 6.75. The Morgan fingerprint density at radius 3 is 2.31 bits per heavy atom. The Balaban J connectivity index is 1.87. The Morgan fingerprint density at radius 1 is 1.19 bits per heavy atom. The summed E-state index contributed by atoms with van der Waals surface area (Å²) in [5, 5.41) is 0. The van der Waals surface area contributed by atoms with E-state index in [9.17, 15) is 8.42 Å². The minimum atomic E-state index is -3.26. The lowest BCUT2D eigenvalue weighted by atomic mass is 10.1. The molecule has 16 heavy (non-hydrogen) atoms. The van der Waals surface area contributed by atoms with E-state index in [2.05, 4.69) is 4.72 Å². The van der Waals surface area contributed by atoms with Crippen molar-refractivity contribution in [3.63, 3.8) is 0 Å². The molecule has 0 radical (unpaired) electrons. The summed E-state index contributed by atoms with van der Waals surface area (Å²) in [6.45, 7) is 2.40. The van der Waals surface area contributed by atoms with Crippen LogP contribution < -0.4 is 10.5 Å². The van der Waals surface area contributed by atoms with E-state index in [-0.39, 0.29) is 5.41 Å². The lowest BCUT2D eigenvalue weighted by molar-refractivity contribution is 0.338. The molecule has 0 bridgehead atoms. The molecule has 1 aliphatic carbocycles. The molecule has 1 saturated heterocycles. The maximum absolute atomic E-state index is 11.9. The molecule has 3 N–H and O–H groups in total. The molecular weight excluding hydrogens is 226 g/mol. The fourth-order valence-electron chi connectivity index (χ4n) is 2.07. The summed E-state index contributed by atoms with van der Waals surface area (Å²) < 4.78 is 28.2. The maximum Gasteiger partial charge on any atom is 0.279 e. The lowest BCUT2D eigenvalue weighted by Crippen LogP contribution is -2.45. The average molecular weight is 247 g/mol. The van der Waals surface area contributed by atoms with Crippen LogP contribution in [0.5, 0.6) is 0 Å². The van der Waals surface area contributed by atoms with E-state index >= 15 is 0 Å². The summed E-state index contributed by atoms with van der Waals surface area (Å²) in [7, 11) is -3.26. The third-order valence-corrected chi connectivity index (χ3v) is 5.23. The van der Waals surface area contributed by atoms with Crippen molar-refractivity contribution in [1.82, 2.24) is 9.03 Å². The van der Waals surface area contributed by atoms with Crippen molar-refractivity contribution >= 4 is 10.2 Å². The van der Waals surface area contributed by atoms with Gasteiger partial charge in [0.05, 0.1) is 0 Å². The largest absolute Gasteiger partial charge is 0.330 e. The van der Waals surface area contributed by atoms with Gasteiger partial charge in [-0.3, -0.25) is 0 Å². The Bertz CT molecular complexity index is 332. The van der Waals surface area contributed by atoms with Gasteiger partial charge in [-0.25, -0.2) is 4.72 Å². The first-order valence-electron chi connectivity index (χ1n) is 6.03. The molecular formula is C10H21N3O2S. The number of hydrogen-bond acceptors (Lipinski definition) is 3. The number of nitrogens with zero attached hydrogens (tertiary/aromatic N) is 1. The zero-order valence-electron chi connectivity index (χ0n) is 9.61. The molecule has 2 aliphatic rings. The molecule has 1 heterocycles. The van der Waals surface area contributed by atoms with Crippen LogP contribution >= 0.6 is 0 Å². The van der Waals surface area contributed by atoms with Crippen LogP contribution in [0.1, 0.15) is 32.1 Å². The molecule has 94 valence electrons. The lowest BCUT2D eigenvalue weighted by Gasteiger charge is -2.26. The summed E-state index contributed by atoms with van der Waals surface area (Å²) in [6.07, 6.45) is 5.18. The SMILES string of the molecule is NCC1(CNS(=O)(=O)N2CCCCC2)CC1. The summed E-state index contributed by atoms with van der Waals surface area (Å²) in [6, 6.07) is 0. The van der Waals surface area contributed by atoms with E-state index in [1.807, 2.05) is 0 Å². The highest BCUT2D eigenvalue weighted by atomic mass is 32.2. The zero-order chi connectivity index (χ0) is 11.6. The molecule has 6 heteroatoms. The first kappa shape index (κ1) is 12.3. The summed E-state index contributed by atoms with van der Waals surface area (Å²) in [4.78, 5) is 0. The normalized spacial score (nSPS) is 25.6. The van der Waals surface area contributed by atoms with Crippen molar-refractivity contribution in [3.8, 4) is 0 Å². The minimum Gasteiger partial charge on any atom is -0.330 e. The van der Waals surface area contributed by atoms with Gasteiger partial charge in [0, 0.05) is 19.6 Å². The van der Waals surface area contributed by atoms with Gasteiger partial charge in [-0.05, 0) is 37.6 Å². The number of nitrogens with one attached hydrogen (secondary N) is 1. The van der Waals surface area contributed by atoms with Gasteiger partial charge in [0.2, 0.25) is 0 Å². The summed E-state index contributed by atoms with van der Waals surface area (Å²) in [5.41, 5.74) is 5.69. The van der Waals surface area contributed by atoms with E-state index in [4.69, 9.17) is 5.73 Å². The molecule has 2 rings (SSSR count). The van der Waals surface area contributed by atoms with Crippen molar-refractivity contribution in [2.75, 3.05) is 26.2 Å². The standard InChI is InChI=1S/C10H21N3O2S/c11-8-10(4-5-10)9-12-16(14,15)13-6-2-1-3-7-13/h12H,1-9,11H2. The first-order chi connectivity index (χ1) is 7.58. The predicted molar refractivity (Wildman–Crippen MR) is 63.1 cm³/mol. The molecule has 0 aromatic carbocycles. The van der Waals surface area contributed by atoms with Crippen LogP contribution in [0.25, 0.3) is 0 Å². The van der Waals surface area contributed by atoms with Gasteiger partial charge in [0.1, 0.15) is 0 Å². The number of nitrogens with two attached hydrogens (primary N) is 1. The third kappa shape index (κ3) is 2.74. The highest BCUT2D eigenvalue weighted by Gasteiger charge is 2.42. The predicted octanol–water partition coefficient (Wildman–Crippen LogP) is 0.0456. The van der Waals surface area contributed by atoms with E-state index < -0.39 is 10.2 Å². The molecule has 0 aromatic heterocycles. The fraction of sp³-hybridized carbons (Fsp3) is 1.00. The van der Waals surface area contributed by atoms with Crippen LogP contribution in [0.4, 0.5) is 0 Å². The summed E-state index contributed by atoms with van der Waals surface area (Å²) in [5.74, 6) is 0. The van der Waals surface area contributed by atoms with Crippen LogP contribution in [-0.4, -0.2) is 38.9 Å². The van der Waals surface area contributed by atoms with Gasteiger partial charge in [-0.1, -0.05) is 6.42 Å². The molecule has 0 unspecified atom stereocenters. The summed E-state index contributed by atoms with van der Waals surface area (Å²) >= 11 is 0. The Labute approximate surface area is 97.6 Å². The highest BCUT2D eigenvalue weighted by molar-refractivity contribution is 7.87. The molecule has 0 spiro atoms. The smallest absolute Gasteiger partial charge is 0.279 e. The Kier molecular flexibility index (Phi) is 3.53. The van der Waals surface area contributed by atoms with E-state index in [0.29, 0.717) is 26.2 Å². The number of piperidine rings is 1. The minimum absolute atomic E-state index is 0.0584. The van der Waals surface area contributed by atoms with Crippen molar-refractivity contribution < 1.29 is 8.42 Å². The van der Waals surface area contributed by atoms with Gasteiger partial charge in [-0.2, -0.15) is 12.7 Å². The molecule has 1 aliphatic heterocycles. The van der Waals surface area contributed by atoms with Gasteiger partial charge in [-0.15, -0.1) is 0 Å². The molecule has 0 atom stereocenters. The topological polar surface area (TPSA) is 75.4 Å². The fourth-order valence-corrected chi connectivity index (χ4v) is 3.48. The van der Waals surface area contributed by atoms with Gasteiger partial charge < -0.3 is 5.73 Å².